The van der Waals surface area contributed by atoms with Crippen LogP contribution in [0, 0.1) is 0 Å². The van der Waals surface area contributed by atoms with Gasteiger partial charge in [-0.05, 0) is 25.1 Å². The lowest BCUT2D eigenvalue weighted by atomic mass is 10.0. The van der Waals surface area contributed by atoms with Crippen molar-refractivity contribution in [2.24, 2.45) is 5.16 Å². The highest BCUT2D eigenvalue weighted by atomic mass is 19.4. The van der Waals surface area contributed by atoms with Crippen molar-refractivity contribution in [2.75, 3.05) is 13.2 Å². The molecular formula is C12H12F3NO2. The molecule has 1 aromatic carbocycles. The van der Waals surface area contributed by atoms with Crippen LogP contribution >= 0.6 is 0 Å². The van der Waals surface area contributed by atoms with Crippen LogP contribution in [0.25, 0.3) is 0 Å². The molecule has 0 bridgehead atoms. The average molecular weight is 259 g/mol. The second-order valence-corrected chi connectivity index (χ2v) is 3.76. The summed E-state index contributed by atoms with van der Waals surface area (Å²) < 4.78 is 42.9. The Kier molecular flexibility index (Phi) is 3.45. The molecule has 1 aromatic rings. The summed E-state index contributed by atoms with van der Waals surface area (Å²) in [5.41, 5.74) is 0.452. The maximum Gasteiger partial charge on any atom is 0.416 e. The van der Waals surface area contributed by atoms with Gasteiger partial charge in [0.15, 0.2) is 0 Å². The monoisotopic (exact) mass is 259 g/mol. The lowest BCUT2D eigenvalue weighted by Crippen LogP contribution is -2.18. The maximum absolute atomic E-state index is 12.5. The highest BCUT2D eigenvalue weighted by molar-refractivity contribution is 6.03. The highest BCUT2D eigenvalue weighted by Crippen LogP contribution is 2.34. The molecule has 6 heteroatoms. The van der Waals surface area contributed by atoms with Crippen molar-refractivity contribution in [3.05, 3.63) is 29.3 Å². The number of alkyl halides is 3. The second kappa shape index (κ2) is 4.88. The Morgan fingerprint density at radius 1 is 1.39 bits per heavy atom. The molecular weight excluding hydrogens is 247 g/mol. The minimum Gasteiger partial charge on any atom is -0.492 e. The molecule has 2 rings (SSSR count). The van der Waals surface area contributed by atoms with Gasteiger partial charge in [-0.2, -0.15) is 13.2 Å². The van der Waals surface area contributed by atoms with Crippen molar-refractivity contribution in [3.63, 3.8) is 0 Å². The Balaban J connectivity index is 2.37. The summed E-state index contributed by atoms with van der Waals surface area (Å²) in [5.74, 6) is 0.203. The maximum atomic E-state index is 12.5. The number of fused-ring (bicyclic) bond motifs is 1. The molecule has 0 N–H and O–H groups in total. The Labute approximate surface area is 102 Å². The van der Waals surface area contributed by atoms with E-state index in [4.69, 9.17) is 9.57 Å². The van der Waals surface area contributed by atoms with E-state index >= 15 is 0 Å². The number of benzene rings is 1. The minimum absolute atomic E-state index is 0.203. The van der Waals surface area contributed by atoms with Crippen LogP contribution in [0.1, 0.15) is 24.5 Å². The first-order valence-electron chi connectivity index (χ1n) is 5.55. The van der Waals surface area contributed by atoms with Gasteiger partial charge in [0.25, 0.3) is 0 Å². The Hall–Kier alpha value is -1.72. The molecule has 0 atom stereocenters. The molecule has 0 unspecified atom stereocenters. The van der Waals surface area contributed by atoms with Crippen molar-refractivity contribution in [1.82, 2.24) is 0 Å². The van der Waals surface area contributed by atoms with E-state index in [1.54, 1.807) is 6.92 Å². The van der Waals surface area contributed by atoms with Gasteiger partial charge in [-0.15, -0.1) is 0 Å². The highest BCUT2D eigenvalue weighted by Gasteiger charge is 2.32. The molecule has 1 heterocycles. The average Bonchev–Trinajstić information content (AvgIpc) is 2.34. The number of ether oxygens (including phenoxy) is 1. The number of halogens is 3. The van der Waals surface area contributed by atoms with E-state index in [2.05, 4.69) is 5.16 Å². The predicted octanol–water partition coefficient (Wildman–Crippen LogP) is 3.23. The van der Waals surface area contributed by atoms with Crippen molar-refractivity contribution >= 4 is 5.71 Å². The molecule has 0 saturated carbocycles. The van der Waals surface area contributed by atoms with Crippen LogP contribution in [0.2, 0.25) is 0 Å². The lowest BCUT2D eigenvalue weighted by Gasteiger charge is -2.20. The van der Waals surface area contributed by atoms with E-state index in [0.717, 1.165) is 12.1 Å². The van der Waals surface area contributed by atoms with Crippen molar-refractivity contribution < 1.29 is 22.7 Å². The normalized spacial score (nSPS) is 17.2. The third-order valence-electron chi connectivity index (χ3n) is 2.52. The van der Waals surface area contributed by atoms with Crippen LogP contribution in [-0.2, 0) is 11.0 Å². The zero-order valence-electron chi connectivity index (χ0n) is 9.75. The third kappa shape index (κ3) is 2.57. The molecule has 1 aliphatic heterocycles. The first kappa shape index (κ1) is 12.7. The van der Waals surface area contributed by atoms with E-state index < -0.39 is 11.7 Å². The van der Waals surface area contributed by atoms with Gasteiger partial charge in [0.05, 0.1) is 17.9 Å². The fraction of sp³-hybridized carbons (Fsp3) is 0.417. The van der Waals surface area contributed by atoms with Crippen LogP contribution < -0.4 is 4.74 Å². The summed E-state index contributed by atoms with van der Waals surface area (Å²) in [6, 6.07) is 3.39. The van der Waals surface area contributed by atoms with E-state index in [0.29, 0.717) is 30.9 Å². The van der Waals surface area contributed by atoms with Crippen LogP contribution in [-0.4, -0.2) is 18.9 Å². The van der Waals surface area contributed by atoms with Gasteiger partial charge in [-0.1, -0.05) is 5.16 Å². The Bertz CT molecular complexity index is 469. The van der Waals surface area contributed by atoms with Gasteiger partial charge in [-0.3, -0.25) is 0 Å². The molecule has 0 spiro atoms. The SMILES string of the molecule is CCON=C1CCOc2cc(C(F)(F)F)ccc21. The summed E-state index contributed by atoms with van der Waals surface area (Å²) in [7, 11) is 0. The number of rotatable bonds is 2. The van der Waals surface area contributed by atoms with Crippen molar-refractivity contribution in [3.8, 4) is 5.75 Å². The summed E-state index contributed by atoms with van der Waals surface area (Å²) in [4.78, 5) is 4.94. The molecule has 98 valence electrons. The fourth-order valence-corrected chi connectivity index (χ4v) is 1.69. The molecule has 0 aliphatic carbocycles. The van der Waals surface area contributed by atoms with E-state index in [9.17, 15) is 13.2 Å². The quantitative estimate of drug-likeness (QED) is 0.763. The molecule has 0 saturated heterocycles. The van der Waals surface area contributed by atoms with E-state index in [-0.39, 0.29) is 5.75 Å². The van der Waals surface area contributed by atoms with E-state index in [1.165, 1.54) is 6.07 Å². The summed E-state index contributed by atoms with van der Waals surface area (Å²) in [5, 5.41) is 3.89. The minimum atomic E-state index is -4.37. The number of hydrogen-bond donors (Lipinski definition) is 0. The van der Waals surface area contributed by atoms with Gasteiger partial charge in [0.2, 0.25) is 0 Å². The molecule has 18 heavy (non-hydrogen) atoms. The third-order valence-corrected chi connectivity index (χ3v) is 2.52. The molecule has 0 aromatic heterocycles. The molecule has 0 amide bonds. The predicted molar refractivity (Wildman–Crippen MR) is 59.7 cm³/mol. The summed E-state index contributed by atoms with van der Waals surface area (Å²) in [6.07, 6.45) is -3.84. The van der Waals surface area contributed by atoms with Crippen molar-refractivity contribution in [2.45, 2.75) is 19.5 Å². The van der Waals surface area contributed by atoms with E-state index in [1.807, 2.05) is 0 Å². The summed E-state index contributed by atoms with van der Waals surface area (Å²) in [6.45, 7) is 2.51. The van der Waals surface area contributed by atoms with Crippen LogP contribution in [0.4, 0.5) is 13.2 Å². The van der Waals surface area contributed by atoms with Crippen molar-refractivity contribution in [1.29, 1.82) is 0 Å². The largest absolute Gasteiger partial charge is 0.492 e. The van der Waals surface area contributed by atoms with Gasteiger partial charge < -0.3 is 9.57 Å². The Morgan fingerprint density at radius 3 is 2.83 bits per heavy atom. The molecule has 3 nitrogen and oxygen atoms in total. The number of hydrogen-bond acceptors (Lipinski definition) is 3. The second-order valence-electron chi connectivity index (χ2n) is 3.76. The first-order chi connectivity index (χ1) is 8.52. The zero-order valence-corrected chi connectivity index (χ0v) is 9.75. The Morgan fingerprint density at radius 2 is 2.17 bits per heavy atom. The number of nitrogens with zero attached hydrogens (tertiary/aromatic N) is 1. The van der Waals surface area contributed by atoms with Crippen LogP contribution in [0.15, 0.2) is 23.4 Å². The standard InChI is InChI=1S/C12H12F3NO2/c1-2-18-16-10-5-6-17-11-7-8(12(13,14)15)3-4-9(10)11/h3-4,7H,2,5-6H2,1H3. The van der Waals surface area contributed by atoms with Gasteiger partial charge in [0.1, 0.15) is 12.4 Å². The molecule has 0 fully saturated rings. The smallest absolute Gasteiger partial charge is 0.416 e. The van der Waals surface area contributed by atoms with Gasteiger partial charge >= 0.3 is 6.18 Å². The topological polar surface area (TPSA) is 30.8 Å². The van der Waals surface area contributed by atoms with Gasteiger partial charge in [0, 0.05) is 12.0 Å². The first-order valence-corrected chi connectivity index (χ1v) is 5.55. The summed E-state index contributed by atoms with van der Waals surface area (Å²) >= 11 is 0. The molecule has 0 radical (unpaired) electrons. The van der Waals surface area contributed by atoms with Gasteiger partial charge in [-0.25, -0.2) is 0 Å². The fourth-order valence-electron chi connectivity index (χ4n) is 1.69. The zero-order chi connectivity index (χ0) is 13.2. The van der Waals surface area contributed by atoms with Crippen LogP contribution in [0.3, 0.4) is 0 Å². The van der Waals surface area contributed by atoms with Crippen LogP contribution in [0.5, 0.6) is 5.75 Å². The lowest BCUT2D eigenvalue weighted by molar-refractivity contribution is -0.137. The number of oxime groups is 1. The molecule has 1 aliphatic rings.